The van der Waals surface area contributed by atoms with Crippen LogP contribution in [0, 0.1) is 11.8 Å². The molecule has 2 nitrogen and oxygen atoms in total. The Morgan fingerprint density at radius 3 is 2.30 bits per heavy atom. The summed E-state index contributed by atoms with van der Waals surface area (Å²) in [7, 11) is 0. The summed E-state index contributed by atoms with van der Waals surface area (Å²) in [5, 5.41) is 1.87. The predicted octanol–water partition coefficient (Wildman–Crippen LogP) is 4.09. The maximum Gasteiger partial charge on any atom is 0.471 e. The lowest BCUT2D eigenvalue weighted by molar-refractivity contribution is -0.167. The van der Waals surface area contributed by atoms with E-state index in [1.54, 1.807) is 12.1 Å². The number of amides is 1. The van der Waals surface area contributed by atoms with Crippen LogP contribution in [-0.4, -0.2) is 12.1 Å². The minimum Gasteiger partial charge on any atom is -0.318 e. The Balaban J connectivity index is 1.68. The summed E-state index contributed by atoms with van der Waals surface area (Å²) in [5.74, 6) is 0.177. The summed E-state index contributed by atoms with van der Waals surface area (Å²) >= 11 is 0. The van der Waals surface area contributed by atoms with Gasteiger partial charge in [0, 0.05) is 5.69 Å². The molecular formula is C15H16F3NO. The number of halogens is 3. The van der Waals surface area contributed by atoms with Gasteiger partial charge in [-0.15, -0.1) is 0 Å². The first-order valence-corrected chi connectivity index (χ1v) is 6.91. The van der Waals surface area contributed by atoms with Gasteiger partial charge in [-0.1, -0.05) is 18.6 Å². The zero-order chi connectivity index (χ0) is 14.3. The van der Waals surface area contributed by atoms with Crippen molar-refractivity contribution in [1.82, 2.24) is 0 Å². The van der Waals surface area contributed by atoms with Crippen LogP contribution in [-0.2, 0) is 4.79 Å². The highest BCUT2D eigenvalue weighted by Crippen LogP contribution is 2.52. The third kappa shape index (κ3) is 2.53. The zero-order valence-electron chi connectivity index (χ0n) is 10.9. The predicted molar refractivity (Wildman–Crippen MR) is 69.3 cm³/mol. The van der Waals surface area contributed by atoms with E-state index >= 15 is 0 Å². The van der Waals surface area contributed by atoms with Crippen LogP contribution in [0.1, 0.15) is 37.2 Å². The van der Waals surface area contributed by atoms with E-state index in [4.69, 9.17) is 0 Å². The maximum atomic E-state index is 12.1. The lowest BCUT2D eigenvalue weighted by Crippen LogP contribution is -2.29. The second-order valence-corrected chi connectivity index (χ2v) is 5.86. The lowest BCUT2D eigenvalue weighted by Gasteiger charge is -2.22. The van der Waals surface area contributed by atoms with Crippen molar-refractivity contribution >= 4 is 11.6 Å². The van der Waals surface area contributed by atoms with Crippen molar-refractivity contribution < 1.29 is 18.0 Å². The highest BCUT2D eigenvalue weighted by atomic mass is 19.4. The molecule has 1 amide bonds. The van der Waals surface area contributed by atoms with Gasteiger partial charge in [0.2, 0.25) is 0 Å². The smallest absolute Gasteiger partial charge is 0.318 e. The van der Waals surface area contributed by atoms with Crippen molar-refractivity contribution in [3.63, 3.8) is 0 Å². The molecule has 2 aliphatic carbocycles. The average molecular weight is 283 g/mol. The molecule has 0 radical (unpaired) electrons. The van der Waals surface area contributed by atoms with Crippen molar-refractivity contribution in [3.8, 4) is 0 Å². The molecule has 3 atom stereocenters. The van der Waals surface area contributed by atoms with Gasteiger partial charge in [0.25, 0.3) is 0 Å². The van der Waals surface area contributed by atoms with Gasteiger partial charge >= 0.3 is 12.1 Å². The first kappa shape index (κ1) is 13.5. The summed E-state index contributed by atoms with van der Waals surface area (Å²) in [6.45, 7) is 0. The molecule has 0 aromatic heterocycles. The Labute approximate surface area is 115 Å². The fourth-order valence-corrected chi connectivity index (χ4v) is 3.67. The molecule has 0 heterocycles. The van der Waals surface area contributed by atoms with Crippen molar-refractivity contribution in [2.75, 3.05) is 5.32 Å². The molecule has 0 aliphatic heterocycles. The largest absolute Gasteiger partial charge is 0.471 e. The van der Waals surface area contributed by atoms with Gasteiger partial charge in [-0.3, -0.25) is 4.79 Å². The summed E-state index contributed by atoms with van der Waals surface area (Å²) in [6.07, 6.45) is 0.224. The molecule has 0 saturated heterocycles. The number of carbonyl (C=O) groups is 1. The van der Waals surface area contributed by atoms with Gasteiger partial charge in [-0.25, -0.2) is 0 Å². The van der Waals surface area contributed by atoms with Crippen LogP contribution in [0.3, 0.4) is 0 Å². The molecule has 3 rings (SSSR count). The van der Waals surface area contributed by atoms with E-state index in [-0.39, 0.29) is 5.69 Å². The van der Waals surface area contributed by atoms with Crippen LogP contribution in [0.15, 0.2) is 24.3 Å². The fraction of sp³-hybridized carbons (Fsp3) is 0.533. The van der Waals surface area contributed by atoms with Gasteiger partial charge in [0.1, 0.15) is 0 Å². The SMILES string of the molecule is O=C(Nc1ccc([C@H]2C[C@@H]3CC[C@H]2C3)cc1)C(F)(F)F. The number of rotatable bonds is 2. The summed E-state index contributed by atoms with van der Waals surface area (Å²) in [6, 6.07) is 6.81. The van der Waals surface area contributed by atoms with E-state index < -0.39 is 12.1 Å². The molecule has 0 spiro atoms. The number of nitrogens with one attached hydrogen (secondary N) is 1. The molecule has 1 N–H and O–H groups in total. The summed E-state index contributed by atoms with van der Waals surface area (Å²) in [5.41, 5.74) is 1.38. The van der Waals surface area contributed by atoms with Crippen LogP contribution in [0.25, 0.3) is 0 Å². The van der Waals surface area contributed by atoms with Crippen LogP contribution < -0.4 is 5.32 Å². The third-order valence-corrected chi connectivity index (χ3v) is 4.59. The van der Waals surface area contributed by atoms with Crippen molar-refractivity contribution in [1.29, 1.82) is 0 Å². The van der Waals surface area contributed by atoms with E-state index in [2.05, 4.69) is 0 Å². The van der Waals surface area contributed by atoms with Crippen molar-refractivity contribution in [3.05, 3.63) is 29.8 Å². The molecule has 5 heteroatoms. The second-order valence-electron chi connectivity index (χ2n) is 5.86. The number of hydrogen-bond acceptors (Lipinski definition) is 1. The first-order chi connectivity index (χ1) is 9.43. The molecule has 20 heavy (non-hydrogen) atoms. The molecule has 1 aromatic carbocycles. The van der Waals surface area contributed by atoms with Crippen LogP contribution in [0.2, 0.25) is 0 Å². The minimum absolute atomic E-state index is 0.194. The molecule has 108 valence electrons. The molecule has 2 aliphatic rings. The number of alkyl halides is 3. The monoisotopic (exact) mass is 283 g/mol. The van der Waals surface area contributed by atoms with E-state index in [0.717, 1.165) is 11.8 Å². The standard InChI is InChI=1S/C15H16F3NO/c16-15(17,18)14(20)19-12-5-3-10(4-6-12)13-8-9-1-2-11(13)7-9/h3-6,9,11,13H,1-2,7-8H2,(H,19,20)/t9-,11+,13-/m1/s1. The third-order valence-electron chi connectivity index (χ3n) is 4.59. The number of hydrogen-bond donors (Lipinski definition) is 1. The minimum atomic E-state index is -4.84. The lowest BCUT2D eigenvalue weighted by atomic mass is 9.83. The quantitative estimate of drug-likeness (QED) is 0.870. The highest BCUT2D eigenvalue weighted by molar-refractivity contribution is 5.94. The number of fused-ring (bicyclic) bond motifs is 2. The van der Waals surface area contributed by atoms with Gasteiger partial charge < -0.3 is 5.32 Å². The van der Waals surface area contributed by atoms with Gasteiger partial charge in [-0.05, 0) is 54.7 Å². The number of benzene rings is 1. The van der Waals surface area contributed by atoms with Crippen LogP contribution in [0.4, 0.5) is 18.9 Å². The van der Waals surface area contributed by atoms with E-state index in [1.165, 1.54) is 31.2 Å². The van der Waals surface area contributed by atoms with Crippen LogP contribution >= 0.6 is 0 Å². The molecule has 2 bridgehead atoms. The Bertz CT molecular complexity index is 509. The molecule has 2 fully saturated rings. The van der Waals surface area contributed by atoms with E-state index in [1.807, 2.05) is 17.4 Å². The summed E-state index contributed by atoms with van der Waals surface area (Å²) < 4.78 is 36.4. The number of carbonyl (C=O) groups excluding carboxylic acids is 1. The fourth-order valence-electron chi connectivity index (χ4n) is 3.67. The highest BCUT2D eigenvalue weighted by Gasteiger charge is 2.40. The average Bonchev–Trinajstić information content (AvgIpc) is 3.00. The summed E-state index contributed by atoms with van der Waals surface area (Å²) in [4.78, 5) is 10.8. The Morgan fingerprint density at radius 1 is 1.10 bits per heavy atom. The van der Waals surface area contributed by atoms with Crippen LogP contribution in [0.5, 0.6) is 0 Å². The van der Waals surface area contributed by atoms with Gasteiger partial charge in [0.05, 0.1) is 0 Å². The Morgan fingerprint density at radius 2 is 1.80 bits per heavy atom. The Hall–Kier alpha value is -1.52. The second kappa shape index (κ2) is 4.79. The zero-order valence-corrected chi connectivity index (χ0v) is 10.9. The molecule has 1 aromatic rings. The van der Waals surface area contributed by atoms with Gasteiger partial charge in [-0.2, -0.15) is 13.2 Å². The van der Waals surface area contributed by atoms with E-state index in [0.29, 0.717) is 5.92 Å². The molecule has 0 unspecified atom stereocenters. The van der Waals surface area contributed by atoms with Gasteiger partial charge in [0.15, 0.2) is 0 Å². The molecule has 2 saturated carbocycles. The van der Waals surface area contributed by atoms with Crippen molar-refractivity contribution in [2.24, 2.45) is 11.8 Å². The molecular weight excluding hydrogens is 267 g/mol. The van der Waals surface area contributed by atoms with E-state index in [9.17, 15) is 18.0 Å². The Kier molecular flexibility index (Phi) is 3.22. The normalized spacial score (nSPS) is 28.6. The topological polar surface area (TPSA) is 29.1 Å². The maximum absolute atomic E-state index is 12.1. The first-order valence-electron chi connectivity index (χ1n) is 6.91. The number of anilines is 1. The van der Waals surface area contributed by atoms with Crippen molar-refractivity contribution in [2.45, 2.75) is 37.8 Å².